The number of esters is 1. The lowest BCUT2D eigenvalue weighted by molar-refractivity contribution is -0.142. The Morgan fingerprint density at radius 1 is 0.750 bits per heavy atom. The number of methoxy groups -OCH3 is 1. The molecule has 0 aliphatic heterocycles. The Hall–Kier alpha value is -3.75. The molecule has 0 saturated carbocycles. The van der Waals surface area contributed by atoms with Crippen LogP contribution in [0.4, 0.5) is 0 Å². The molecule has 0 fully saturated rings. The number of carboxylic acids is 2. The number of carbonyl (C=O) groups is 3. The van der Waals surface area contributed by atoms with Crippen LogP contribution in [0.1, 0.15) is 104 Å². The molecule has 9 heteroatoms. The highest BCUT2D eigenvalue weighted by atomic mass is 16.5. The Bertz CT molecular complexity index is 1320. The van der Waals surface area contributed by atoms with E-state index in [1.165, 1.54) is 7.11 Å². The van der Waals surface area contributed by atoms with Crippen LogP contribution < -0.4 is 0 Å². The molecule has 9 nitrogen and oxygen atoms in total. The lowest BCUT2D eigenvalue weighted by Crippen LogP contribution is -2.13. The van der Waals surface area contributed by atoms with Crippen LogP contribution in [0.5, 0.6) is 0 Å². The normalized spacial score (nSPS) is 12.1. The van der Waals surface area contributed by atoms with Crippen molar-refractivity contribution in [1.82, 2.24) is 15.0 Å². The number of aromatic nitrogens is 3. The second-order valence-electron chi connectivity index (χ2n) is 9.20. The first-order valence-corrected chi connectivity index (χ1v) is 12.1. The number of hydrogen-bond acceptors (Lipinski definition) is 4. The summed E-state index contributed by atoms with van der Waals surface area (Å²) in [7, 11) is 1.35. The average molecular weight is 498 g/mol. The number of carboxylic acid groups (broad SMARTS) is 2. The molecule has 5 N–H and O–H groups in total. The number of aromatic carboxylic acids is 2. The zero-order valence-corrected chi connectivity index (χ0v) is 21.9. The van der Waals surface area contributed by atoms with Crippen molar-refractivity contribution in [2.24, 2.45) is 0 Å². The van der Waals surface area contributed by atoms with E-state index in [9.17, 15) is 24.6 Å². The van der Waals surface area contributed by atoms with Gasteiger partial charge in [-0.05, 0) is 73.9 Å². The van der Waals surface area contributed by atoms with Gasteiger partial charge in [-0.2, -0.15) is 0 Å². The molecule has 0 radical (unpaired) electrons. The van der Waals surface area contributed by atoms with Gasteiger partial charge in [0.05, 0.1) is 13.0 Å². The van der Waals surface area contributed by atoms with Crippen molar-refractivity contribution in [2.45, 2.75) is 73.1 Å². The fraction of sp³-hybridized carbons (Fsp3) is 0.444. The predicted octanol–water partition coefficient (Wildman–Crippen LogP) is 4.58. The molecule has 0 spiro atoms. The van der Waals surface area contributed by atoms with E-state index in [1.807, 2.05) is 20.8 Å². The van der Waals surface area contributed by atoms with Crippen LogP contribution in [-0.2, 0) is 35.2 Å². The van der Waals surface area contributed by atoms with E-state index in [2.05, 4.69) is 15.0 Å². The van der Waals surface area contributed by atoms with Crippen molar-refractivity contribution in [2.75, 3.05) is 7.11 Å². The molecule has 0 bridgehead atoms. The molecule has 0 saturated heterocycles. The summed E-state index contributed by atoms with van der Waals surface area (Å²) >= 11 is 0. The van der Waals surface area contributed by atoms with Gasteiger partial charge in [-0.25, -0.2) is 9.59 Å². The second kappa shape index (κ2) is 10.5. The summed E-state index contributed by atoms with van der Waals surface area (Å²) in [5.41, 5.74) is 8.67. The molecule has 3 aromatic rings. The highest BCUT2D eigenvalue weighted by Gasteiger charge is 2.28. The third-order valence-corrected chi connectivity index (χ3v) is 7.25. The van der Waals surface area contributed by atoms with Crippen molar-refractivity contribution in [3.8, 4) is 0 Å². The minimum Gasteiger partial charge on any atom is -0.477 e. The maximum atomic E-state index is 12.5. The van der Waals surface area contributed by atoms with Crippen molar-refractivity contribution >= 4 is 17.9 Å². The van der Waals surface area contributed by atoms with Gasteiger partial charge in [0.25, 0.3) is 0 Å². The quantitative estimate of drug-likeness (QED) is 0.259. The van der Waals surface area contributed by atoms with Gasteiger partial charge in [0.1, 0.15) is 11.4 Å². The summed E-state index contributed by atoms with van der Waals surface area (Å²) in [5.74, 6) is -2.92. The average Bonchev–Trinajstić information content (AvgIpc) is 3.43. The number of aromatic amines is 3. The summed E-state index contributed by atoms with van der Waals surface area (Å²) in [6.07, 6.45) is 2.18. The molecule has 3 heterocycles. The molecule has 1 unspecified atom stereocenters. The Labute approximate surface area is 210 Å². The van der Waals surface area contributed by atoms with Gasteiger partial charge < -0.3 is 29.9 Å². The van der Waals surface area contributed by atoms with E-state index in [1.54, 1.807) is 20.8 Å². The number of ether oxygens (including phenoxy) is 1. The zero-order valence-electron chi connectivity index (χ0n) is 21.9. The predicted molar refractivity (Wildman–Crippen MR) is 135 cm³/mol. The first-order valence-electron chi connectivity index (χ1n) is 12.1. The lowest BCUT2D eigenvalue weighted by atomic mass is 9.93. The molecule has 194 valence electrons. The van der Waals surface area contributed by atoms with Gasteiger partial charge >= 0.3 is 17.9 Å². The minimum absolute atomic E-state index is 0.170. The maximum absolute atomic E-state index is 12.5. The number of H-pyrrole nitrogens is 3. The highest BCUT2D eigenvalue weighted by Crippen LogP contribution is 2.33. The van der Waals surface area contributed by atoms with Gasteiger partial charge in [-0.15, -0.1) is 0 Å². The van der Waals surface area contributed by atoms with Gasteiger partial charge in [0.15, 0.2) is 0 Å². The molecule has 36 heavy (non-hydrogen) atoms. The third-order valence-electron chi connectivity index (χ3n) is 7.25. The fourth-order valence-corrected chi connectivity index (χ4v) is 5.36. The first-order chi connectivity index (χ1) is 17.0. The number of rotatable bonds is 10. The minimum atomic E-state index is -1.01. The Kier molecular flexibility index (Phi) is 7.81. The van der Waals surface area contributed by atoms with Crippen LogP contribution in [0.25, 0.3) is 0 Å². The van der Waals surface area contributed by atoms with E-state index in [0.29, 0.717) is 31.2 Å². The lowest BCUT2D eigenvalue weighted by Gasteiger charge is -2.13. The fourth-order valence-electron chi connectivity index (χ4n) is 5.36. The standard InChI is InChI=1S/C27H35N3O6/c1-8-16-12(3)23(25(31)32)29-19(16)10-18-14(5)22(15(6)27(35)36-7)21(28-18)11-20-17(9-2)13(4)24(30-20)26(33)34/h15,28-30H,8-11H2,1-7H3,(H,31,32)(H,33,34). The largest absolute Gasteiger partial charge is 0.477 e. The number of nitrogens with one attached hydrogen (secondary N) is 3. The second-order valence-corrected chi connectivity index (χ2v) is 9.20. The third kappa shape index (κ3) is 4.69. The van der Waals surface area contributed by atoms with Crippen molar-refractivity contribution in [3.05, 3.63) is 67.5 Å². The van der Waals surface area contributed by atoms with Gasteiger partial charge in [0.2, 0.25) is 0 Å². The van der Waals surface area contributed by atoms with Crippen molar-refractivity contribution in [1.29, 1.82) is 0 Å². The van der Waals surface area contributed by atoms with Gasteiger partial charge in [0, 0.05) is 35.6 Å². The molecule has 0 aromatic carbocycles. The number of hydrogen-bond donors (Lipinski definition) is 5. The van der Waals surface area contributed by atoms with Crippen LogP contribution in [0, 0.1) is 20.8 Å². The van der Waals surface area contributed by atoms with Gasteiger partial charge in [-0.3, -0.25) is 4.79 Å². The maximum Gasteiger partial charge on any atom is 0.352 e. The summed E-state index contributed by atoms with van der Waals surface area (Å²) in [6.45, 7) is 11.3. The van der Waals surface area contributed by atoms with Crippen LogP contribution in [0.2, 0.25) is 0 Å². The van der Waals surface area contributed by atoms with E-state index in [0.717, 1.165) is 50.6 Å². The zero-order chi connectivity index (χ0) is 26.9. The highest BCUT2D eigenvalue weighted by molar-refractivity contribution is 5.88. The smallest absolute Gasteiger partial charge is 0.352 e. The van der Waals surface area contributed by atoms with Crippen LogP contribution in [0.3, 0.4) is 0 Å². The summed E-state index contributed by atoms with van der Waals surface area (Å²) < 4.78 is 5.03. The summed E-state index contributed by atoms with van der Waals surface area (Å²) in [4.78, 5) is 45.6. The molecule has 0 aliphatic carbocycles. The molecule has 0 amide bonds. The monoisotopic (exact) mass is 497 g/mol. The van der Waals surface area contributed by atoms with E-state index >= 15 is 0 Å². The van der Waals surface area contributed by atoms with Crippen molar-refractivity contribution in [3.63, 3.8) is 0 Å². The summed E-state index contributed by atoms with van der Waals surface area (Å²) in [5, 5.41) is 19.2. The molecule has 3 rings (SSSR count). The van der Waals surface area contributed by atoms with Crippen LogP contribution in [-0.4, -0.2) is 50.2 Å². The molecule has 3 aromatic heterocycles. The van der Waals surface area contributed by atoms with E-state index < -0.39 is 17.9 Å². The molecule has 1 atom stereocenters. The topological polar surface area (TPSA) is 148 Å². The van der Waals surface area contributed by atoms with E-state index in [-0.39, 0.29) is 17.4 Å². The van der Waals surface area contributed by atoms with Gasteiger partial charge in [-0.1, -0.05) is 13.8 Å². The van der Waals surface area contributed by atoms with Crippen LogP contribution >= 0.6 is 0 Å². The number of carbonyl (C=O) groups excluding carboxylic acids is 1. The Morgan fingerprint density at radius 3 is 1.58 bits per heavy atom. The molecular formula is C27H35N3O6. The Morgan fingerprint density at radius 2 is 1.19 bits per heavy atom. The SMILES string of the molecule is CCc1c(Cc2[nH]c(Cc3[nH]c(C(=O)O)c(C)c3CC)c(C(C)C(=O)OC)c2C)[nH]c(C(=O)O)c1C. The first kappa shape index (κ1) is 26.8. The van der Waals surface area contributed by atoms with Crippen molar-refractivity contribution < 1.29 is 29.3 Å². The van der Waals surface area contributed by atoms with Crippen LogP contribution in [0.15, 0.2) is 0 Å². The summed E-state index contributed by atoms with van der Waals surface area (Å²) in [6, 6.07) is 0. The Balaban J connectivity index is 2.14. The van der Waals surface area contributed by atoms with E-state index in [4.69, 9.17) is 4.74 Å². The molecular weight excluding hydrogens is 462 g/mol. The molecule has 0 aliphatic rings.